The first-order valence-electron chi connectivity index (χ1n) is 16.4. The number of fused-ring (bicyclic) bond motifs is 1. The second-order valence-electron chi connectivity index (χ2n) is 12.2. The molecule has 278 valence electrons. The Kier molecular flexibility index (Phi) is 12.2. The highest BCUT2D eigenvalue weighted by Crippen LogP contribution is 2.38. The zero-order valence-electron chi connectivity index (χ0n) is 28.8. The molecule has 0 saturated carbocycles. The van der Waals surface area contributed by atoms with E-state index >= 15 is 0 Å². The minimum atomic E-state index is -1.81. The normalized spacial score (nSPS) is 29.8. The third-order valence-corrected chi connectivity index (χ3v) is 8.47. The molecule has 0 spiro atoms. The summed E-state index contributed by atoms with van der Waals surface area (Å²) in [6.45, 7) is 7.78. The Morgan fingerprint density at radius 2 is 1.38 bits per heavy atom. The smallest absolute Gasteiger partial charge is 0.338 e. The van der Waals surface area contributed by atoms with E-state index in [4.69, 9.17) is 37.9 Å². The van der Waals surface area contributed by atoms with Gasteiger partial charge in [0, 0.05) is 20.8 Å². The van der Waals surface area contributed by atoms with Crippen LogP contribution in [-0.2, 0) is 52.3 Å². The molecule has 0 bridgehead atoms. The van der Waals surface area contributed by atoms with Crippen LogP contribution in [0.15, 0.2) is 67.3 Å². The Morgan fingerprint density at radius 1 is 0.788 bits per heavy atom. The molecule has 52 heavy (non-hydrogen) atoms. The summed E-state index contributed by atoms with van der Waals surface area (Å²) in [6, 6.07) is 12.3. The first-order chi connectivity index (χ1) is 24.8. The fourth-order valence-electron chi connectivity index (χ4n) is 6.27. The number of carbonyl (C=O) groups is 6. The van der Waals surface area contributed by atoms with Gasteiger partial charge in [0.1, 0.15) is 31.0 Å². The minimum Gasteiger partial charge on any atom is -0.463 e. The van der Waals surface area contributed by atoms with Crippen molar-refractivity contribution in [3.63, 3.8) is 0 Å². The van der Waals surface area contributed by atoms with Crippen LogP contribution in [0.4, 0.5) is 0 Å². The molecule has 1 N–H and O–H groups in total. The number of nitrogens with zero attached hydrogens (tertiary/aromatic N) is 1. The fraction of sp³-hybridized carbons (Fsp3) is 0.444. The maximum absolute atomic E-state index is 13.9. The molecule has 2 aromatic rings. The summed E-state index contributed by atoms with van der Waals surface area (Å²) >= 11 is 0. The highest BCUT2D eigenvalue weighted by atomic mass is 16.8. The first kappa shape index (κ1) is 38.2. The van der Waals surface area contributed by atoms with Gasteiger partial charge in [-0.05, 0) is 31.2 Å². The van der Waals surface area contributed by atoms with Crippen molar-refractivity contribution in [3.8, 4) is 0 Å². The number of rotatable bonds is 12. The van der Waals surface area contributed by atoms with Crippen molar-refractivity contribution in [3.05, 3.63) is 83.9 Å². The molecule has 0 radical (unpaired) electrons. The van der Waals surface area contributed by atoms with E-state index in [0.717, 1.165) is 25.7 Å². The molecular formula is C36H39NO15. The van der Waals surface area contributed by atoms with Crippen molar-refractivity contribution in [2.45, 2.75) is 89.0 Å². The summed E-state index contributed by atoms with van der Waals surface area (Å²) in [5.74, 6) is -4.90. The highest BCUT2D eigenvalue weighted by Gasteiger charge is 2.59. The van der Waals surface area contributed by atoms with Crippen LogP contribution in [0.5, 0.6) is 0 Å². The number of aliphatic hydroxyl groups excluding tert-OH is 1. The molecule has 16 nitrogen and oxygen atoms in total. The number of amides is 2. The number of benzene rings is 2. The fourth-order valence-corrected chi connectivity index (χ4v) is 6.27. The molecule has 2 saturated heterocycles. The lowest BCUT2D eigenvalue weighted by molar-refractivity contribution is -0.354. The Morgan fingerprint density at radius 3 is 1.96 bits per heavy atom. The van der Waals surface area contributed by atoms with Gasteiger partial charge < -0.3 is 43.0 Å². The van der Waals surface area contributed by atoms with Crippen LogP contribution in [0.25, 0.3) is 0 Å². The zero-order chi connectivity index (χ0) is 37.7. The first-order valence-corrected chi connectivity index (χ1v) is 16.4. The summed E-state index contributed by atoms with van der Waals surface area (Å²) in [5.41, 5.74) is 0.238. The van der Waals surface area contributed by atoms with Crippen LogP contribution in [0.1, 0.15) is 58.8 Å². The van der Waals surface area contributed by atoms with E-state index in [1.54, 1.807) is 37.3 Å². The molecule has 2 aromatic carbocycles. The van der Waals surface area contributed by atoms with Crippen LogP contribution in [0.2, 0.25) is 0 Å². The molecule has 0 aliphatic carbocycles. The lowest BCUT2D eigenvalue weighted by Crippen LogP contribution is -2.69. The minimum absolute atomic E-state index is 0.0221. The molecular weight excluding hydrogens is 686 g/mol. The van der Waals surface area contributed by atoms with Crippen LogP contribution >= 0.6 is 0 Å². The average molecular weight is 726 g/mol. The monoisotopic (exact) mass is 725 g/mol. The summed E-state index contributed by atoms with van der Waals surface area (Å²) in [4.78, 5) is 78.6. The number of esters is 4. The SMILES string of the molecule is C=CCO[C@@H]1O[C@@H](C)[C@H](OC(=O)c2ccccc2)[C@@H](O)[C@H]1O[C@@H]1O[C@H](COC(C)=O)[C@@H](OC(C)=O)[C@H](OC(C)=O)[C@H]1N1C(=O)c2ccccc2C1=O. The molecule has 16 heteroatoms. The van der Waals surface area contributed by atoms with Gasteiger partial charge in [0.05, 0.1) is 29.4 Å². The maximum atomic E-state index is 13.9. The predicted octanol–water partition coefficient (Wildman–Crippen LogP) is 1.72. The molecule has 2 fully saturated rings. The summed E-state index contributed by atoms with van der Waals surface area (Å²) in [6.07, 6.45) is -12.0. The van der Waals surface area contributed by atoms with Gasteiger partial charge in [-0.15, -0.1) is 6.58 Å². The quantitative estimate of drug-likeness (QED) is 0.143. The van der Waals surface area contributed by atoms with Crippen LogP contribution < -0.4 is 0 Å². The molecule has 2 amide bonds. The van der Waals surface area contributed by atoms with Crippen molar-refractivity contribution < 1.29 is 71.8 Å². The van der Waals surface area contributed by atoms with E-state index in [0.29, 0.717) is 0 Å². The average Bonchev–Trinajstić information content (AvgIpc) is 3.35. The van der Waals surface area contributed by atoms with E-state index in [1.807, 2.05) is 0 Å². The Hall–Kier alpha value is -5.00. The lowest BCUT2D eigenvalue weighted by atomic mass is 9.94. The molecule has 5 rings (SSSR count). The Bertz CT molecular complexity index is 1650. The number of aliphatic hydroxyl groups is 1. The number of hydrogen-bond donors (Lipinski definition) is 1. The highest BCUT2D eigenvalue weighted by molar-refractivity contribution is 6.21. The molecule has 10 atom stereocenters. The van der Waals surface area contributed by atoms with Gasteiger partial charge in [-0.2, -0.15) is 0 Å². The van der Waals surface area contributed by atoms with E-state index in [2.05, 4.69) is 6.58 Å². The van der Waals surface area contributed by atoms with Crippen molar-refractivity contribution in [2.24, 2.45) is 0 Å². The summed E-state index contributed by atoms with van der Waals surface area (Å²) in [5, 5.41) is 11.8. The van der Waals surface area contributed by atoms with E-state index < -0.39 is 104 Å². The van der Waals surface area contributed by atoms with Gasteiger partial charge >= 0.3 is 23.9 Å². The second-order valence-corrected chi connectivity index (χ2v) is 12.2. The van der Waals surface area contributed by atoms with Crippen LogP contribution in [0.3, 0.4) is 0 Å². The maximum Gasteiger partial charge on any atom is 0.338 e. The third kappa shape index (κ3) is 8.21. The van der Waals surface area contributed by atoms with Gasteiger partial charge in [0.2, 0.25) is 0 Å². The van der Waals surface area contributed by atoms with Crippen molar-refractivity contribution in [1.29, 1.82) is 0 Å². The van der Waals surface area contributed by atoms with Gasteiger partial charge in [-0.3, -0.25) is 28.9 Å². The van der Waals surface area contributed by atoms with Crippen molar-refractivity contribution in [1.82, 2.24) is 4.90 Å². The molecule has 0 aromatic heterocycles. The number of imide groups is 1. The standard InChI is InChI=1S/C36H39NO15/c1-6-16-45-36-31(27(41)28(18(2)47-36)51-34(44)22-12-8-7-9-13-22)52-35-26(37-32(42)23-14-10-11-15-24(23)33(37)43)30(49-21(5)40)29(48-20(4)39)25(50-35)17-46-19(3)38/h6-15,18,25-31,35-36,41H,1,16-17H2,2-5H3/t18-,25+,26+,27+,28-,29+,30+,31+,35-,36+/m0/s1. The Balaban J connectivity index is 1.58. The number of hydrogen-bond acceptors (Lipinski definition) is 15. The summed E-state index contributed by atoms with van der Waals surface area (Å²) in [7, 11) is 0. The van der Waals surface area contributed by atoms with Gasteiger partial charge in [0.15, 0.2) is 30.9 Å². The predicted molar refractivity (Wildman–Crippen MR) is 174 cm³/mol. The molecule has 3 aliphatic rings. The van der Waals surface area contributed by atoms with Gasteiger partial charge in [-0.1, -0.05) is 36.4 Å². The number of ether oxygens (including phenoxy) is 8. The van der Waals surface area contributed by atoms with E-state index in [9.17, 15) is 33.9 Å². The molecule has 0 unspecified atom stereocenters. The van der Waals surface area contributed by atoms with Crippen LogP contribution in [0, 0.1) is 0 Å². The van der Waals surface area contributed by atoms with Crippen LogP contribution in [-0.4, -0.2) is 120 Å². The molecule has 3 aliphatic heterocycles. The number of carbonyl (C=O) groups excluding carboxylic acids is 6. The summed E-state index contributed by atoms with van der Waals surface area (Å²) < 4.78 is 46.5. The van der Waals surface area contributed by atoms with E-state index in [-0.39, 0.29) is 23.3 Å². The van der Waals surface area contributed by atoms with Crippen molar-refractivity contribution >= 4 is 35.7 Å². The second kappa shape index (κ2) is 16.6. The largest absolute Gasteiger partial charge is 0.463 e. The molecule has 3 heterocycles. The van der Waals surface area contributed by atoms with E-state index in [1.165, 1.54) is 30.3 Å². The lowest BCUT2D eigenvalue weighted by Gasteiger charge is -2.49. The topological polar surface area (TPSA) is 200 Å². The zero-order valence-corrected chi connectivity index (χ0v) is 28.8. The van der Waals surface area contributed by atoms with Crippen molar-refractivity contribution in [2.75, 3.05) is 13.2 Å². The van der Waals surface area contributed by atoms with Gasteiger partial charge in [0.25, 0.3) is 11.8 Å². The third-order valence-electron chi connectivity index (χ3n) is 8.47. The Labute approximate surface area is 298 Å². The van der Waals surface area contributed by atoms with Gasteiger partial charge in [-0.25, -0.2) is 4.79 Å².